The number of rotatable bonds is 7. The Labute approximate surface area is 101 Å². The first-order chi connectivity index (χ1) is 7.98. The van der Waals surface area contributed by atoms with E-state index in [0.29, 0.717) is 6.42 Å². The Hall–Kier alpha value is -0.270. The van der Waals surface area contributed by atoms with Crippen molar-refractivity contribution in [1.82, 2.24) is 9.62 Å². The molecule has 1 atom stereocenters. The molecule has 7 heteroatoms. The average Bonchev–Trinajstić information content (AvgIpc) is 2.76. The van der Waals surface area contributed by atoms with E-state index in [2.05, 4.69) is 5.32 Å². The summed E-state index contributed by atoms with van der Waals surface area (Å²) >= 11 is 0. The molecule has 17 heavy (non-hydrogen) atoms. The molecule has 0 radical (unpaired) electrons. The van der Waals surface area contributed by atoms with Crippen molar-refractivity contribution in [3.63, 3.8) is 0 Å². The van der Waals surface area contributed by atoms with Crippen LogP contribution in [-0.2, 0) is 10.0 Å². The second-order valence-corrected chi connectivity index (χ2v) is 6.21. The number of nitrogens with zero attached hydrogens (tertiary/aromatic N) is 1. The van der Waals surface area contributed by atoms with Crippen LogP contribution in [0.5, 0.6) is 0 Å². The highest BCUT2D eigenvalue weighted by molar-refractivity contribution is 7.89. The Kier molecular flexibility index (Phi) is 5.75. The molecule has 0 bridgehead atoms. The number of unbranched alkanes of at least 4 members (excludes halogenated alkanes) is 1. The van der Waals surface area contributed by atoms with Gasteiger partial charge in [0.05, 0.1) is 0 Å². The molecule has 0 spiro atoms. The minimum atomic E-state index is -4.44. The number of halogens is 2. The Morgan fingerprint density at radius 2 is 2.18 bits per heavy atom. The van der Waals surface area contributed by atoms with E-state index in [1.165, 1.54) is 0 Å². The molecule has 1 rings (SSSR count). The zero-order valence-electron chi connectivity index (χ0n) is 10.0. The molecule has 4 nitrogen and oxygen atoms in total. The van der Waals surface area contributed by atoms with Gasteiger partial charge in [-0.15, -0.1) is 0 Å². The molecule has 1 N–H and O–H groups in total. The lowest BCUT2D eigenvalue weighted by Gasteiger charge is -2.24. The van der Waals surface area contributed by atoms with E-state index in [0.717, 1.165) is 30.1 Å². The summed E-state index contributed by atoms with van der Waals surface area (Å²) in [5.41, 5.74) is 0. The lowest BCUT2D eigenvalue weighted by atomic mass is 10.2. The zero-order chi connectivity index (χ0) is 12.9. The third-order valence-corrected chi connectivity index (χ3v) is 4.43. The van der Waals surface area contributed by atoms with Crippen molar-refractivity contribution in [2.45, 2.75) is 44.4 Å². The maximum atomic E-state index is 12.5. The standard InChI is InChI=1S/C10H20F2N2O2S/c1-2-3-7-14(17(15,16)10(11)12)8-9-5-4-6-13-9/h9-10,13H,2-8H2,1H3. The molecule has 1 unspecified atom stereocenters. The van der Waals surface area contributed by atoms with Crippen LogP contribution in [0.4, 0.5) is 8.78 Å². The first-order valence-corrected chi connectivity index (χ1v) is 7.49. The van der Waals surface area contributed by atoms with E-state index in [9.17, 15) is 17.2 Å². The van der Waals surface area contributed by atoms with Gasteiger partial charge in [0.15, 0.2) is 0 Å². The highest BCUT2D eigenvalue weighted by Crippen LogP contribution is 2.16. The number of hydrogen-bond acceptors (Lipinski definition) is 3. The summed E-state index contributed by atoms with van der Waals surface area (Å²) in [6, 6.07) is 0.0142. The van der Waals surface area contributed by atoms with Gasteiger partial charge in [0.25, 0.3) is 10.0 Å². The molecule has 1 aliphatic heterocycles. The van der Waals surface area contributed by atoms with Crippen molar-refractivity contribution >= 4 is 10.0 Å². The topological polar surface area (TPSA) is 49.4 Å². The zero-order valence-corrected chi connectivity index (χ0v) is 10.8. The number of hydrogen-bond donors (Lipinski definition) is 1. The lowest BCUT2D eigenvalue weighted by Crippen LogP contribution is -2.43. The van der Waals surface area contributed by atoms with Gasteiger partial charge in [-0.1, -0.05) is 13.3 Å². The van der Waals surface area contributed by atoms with Crippen molar-refractivity contribution in [3.8, 4) is 0 Å². The summed E-state index contributed by atoms with van der Waals surface area (Å²) in [4.78, 5) is 0. The first-order valence-electron chi connectivity index (χ1n) is 5.99. The highest BCUT2D eigenvalue weighted by Gasteiger charge is 2.33. The molecule has 0 aromatic rings. The molecule has 0 amide bonds. The lowest BCUT2D eigenvalue weighted by molar-refractivity contribution is 0.216. The monoisotopic (exact) mass is 270 g/mol. The van der Waals surface area contributed by atoms with Gasteiger partial charge in [-0.05, 0) is 25.8 Å². The minimum Gasteiger partial charge on any atom is -0.313 e. The second-order valence-electron chi connectivity index (χ2n) is 4.31. The molecule has 0 aliphatic carbocycles. The third-order valence-electron chi connectivity index (χ3n) is 2.93. The Morgan fingerprint density at radius 1 is 1.47 bits per heavy atom. The third kappa shape index (κ3) is 4.15. The van der Waals surface area contributed by atoms with Gasteiger partial charge in [0.1, 0.15) is 0 Å². The minimum absolute atomic E-state index is 0.0142. The van der Waals surface area contributed by atoms with Gasteiger partial charge in [0, 0.05) is 19.1 Å². The van der Waals surface area contributed by atoms with Gasteiger partial charge in [-0.2, -0.15) is 13.1 Å². The Bertz CT molecular complexity index is 316. The molecular formula is C10H20F2N2O2S. The SMILES string of the molecule is CCCCN(CC1CCCN1)S(=O)(=O)C(F)F. The van der Waals surface area contributed by atoms with Crippen LogP contribution in [0.3, 0.4) is 0 Å². The van der Waals surface area contributed by atoms with Crippen molar-refractivity contribution in [1.29, 1.82) is 0 Å². The summed E-state index contributed by atoms with van der Waals surface area (Å²) < 4.78 is 48.9. The van der Waals surface area contributed by atoms with E-state index in [1.807, 2.05) is 6.92 Å². The Balaban J connectivity index is 2.65. The van der Waals surface area contributed by atoms with Crippen molar-refractivity contribution in [2.24, 2.45) is 0 Å². The van der Waals surface area contributed by atoms with Crippen LogP contribution < -0.4 is 5.32 Å². The van der Waals surface area contributed by atoms with Gasteiger partial charge >= 0.3 is 5.76 Å². The van der Waals surface area contributed by atoms with Crippen LogP contribution in [0.25, 0.3) is 0 Å². The van der Waals surface area contributed by atoms with Gasteiger partial charge in [0.2, 0.25) is 0 Å². The van der Waals surface area contributed by atoms with Crippen molar-refractivity contribution < 1.29 is 17.2 Å². The van der Waals surface area contributed by atoms with E-state index >= 15 is 0 Å². The normalized spacial score (nSPS) is 21.6. The summed E-state index contributed by atoms with van der Waals surface area (Å²) in [6.45, 7) is 3.08. The summed E-state index contributed by atoms with van der Waals surface area (Å²) in [7, 11) is -4.44. The molecule has 1 fully saturated rings. The van der Waals surface area contributed by atoms with Crippen molar-refractivity contribution in [2.75, 3.05) is 19.6 Å². The van der Waals surface area contributed by atoms with Crippen LogP contribution in [0.2, 0.25) is 0 Å². The summed E-state index contributed by atoms with van der Waals surface area (Å²) in [6.07, 6.45) is 3.22. The fourth-order valence-corrected chi connectivity index (χ4v) is 2.92. The van der Waals surface area contributed by atoms with Crippen LogP contribution >= 0.6 is 0 Å². The average molecular weight is 270 g/mol. The second kappa shape index (κ2) is 6.61. The van der Waals surface area contributed by atoms with E-state index in [1.54, 1.807) is 0 Å². The fourth-order valence-electron chi connectivity index (χ4n) is 1.93. The first kappa shape index (κ1) is 14.8. The largest absolute Gasteiger partial charge is 0.350 e. The fraction of sp³-hybridized carbons (Fsp3) is 1.00. The number of nitrogens with one attached hydrogen (secondary N) is 1. The van der Waals surface area contributed by atoms with Gasteiger partial charge in [-0.25, -0.2) is 8.42 Å². The van der Waals surface area contributed by atoms with Crippen LogP contribution in [-0.4, -0.2) is 44.2 Å². The van der Waals surface area contributed by atoms with E-state index < -0.39 is 15.8 Å². The predicted molar refractivity (Wildman–Crippen MR) is 62.4 cm³/mol. The summed E-state index contributed by atoms with van der Waals surface area (Å²) in [5.74, 6) is -3.32. The highest BCUT2D eigenvalue weighted by atomic mass is 32.2. The van der Waals surface area contributed by atoms with E-state index in [-0.39, 0.29) is 19.1 Å². The number of sulfonamides is 1. The van der Waals surface area contributed by atoms with Crippen LogP contribution in [0.15, 0.2) is 0 Å². The maximum absolute atomic E-state index is 12.5. The van der Waals surface area contributed by atoms with Crippen LogP contribution in [0.1, 0.15) is 32.6 Å². The smallest absolute Gasteiger partial charge is 0.313 e. The Morgan fingerprint density at radius 3 is 2.65 bits per heavy atom. The number of alkyl halides is 2. The van der Waals surface area contributed by atoms with Crippen LogP contribution in [0, 0.1) is 0 Å². The molecular weight excluding hydrogens is 250 g/mol. The van der Waals surface area contributed by atoms with Crippen molar-refractivity contribution in [3.05, 3.63) is 0 Å². The molecule has 102 valence electrons. The molecule has 0 saturated carbocycles. The molecule has 0 aromatic carbocycles. The summed E-state index contributed by atoms with van der Waals surface area (Å²) in [5, 5.41) is 3.12. The van der Waals surface area contributed by atoms with Gasteiger partial charge in [-0.3, -0.25) is 0 Å². The predicted octanol–water partition coefficient (Wildman–Crippen LogP) is 1.39. The molecule has 1 saturated heterocycles. The maximum Gasteiger partial charge on any atom is 0.350 e. The molecule has 1 heterocycles. The van der Waals surface area contributed by atoms with E-state index in [4.69, 9.17) is 0 Å². The quantitative estimate of drug-likeness (QED) is 0.760. The molecule has 1 aliphatic rings. The van der Waals surface area contributed by atoms with Gasteiger partial charge < -0.3 is 5.32 Å². The molecule has 0 aromatic heterocycles.